The molecule has 3 rings (SSSR count). The number of hydrogen-bond donors (Lipinski definition) is 2. The van der Waals surface area contributed by atoms with Crippen molar-refractivity contribution >= 4 is 39.1 Å². The van der Waals surface area contributed by atoms with Crippen molar-refractivity contribution in [2.75, 3.05) is 26.3 Å². The Morgan fingerprint density at radius 2 is 1.77 bits per heavy atom. The molecule has 1 aliphatic heterocycles. The zero-order valence-electron chi connectivity index (χ0n) is 16.4. The Balaban J connectivity index is 1.59. The molecule has 0 aromatic heterocycles. The summed E-state index contributed by atoms with van der Waals surface area (Å²) in [4.78, 5) is 12.6. The van der Waals surface area contributed by atoms with Crippen LogP contribution in [0.5, 0.6) is 0 Å². The van der Waals surface area contributed by atoms with Crippen molar-refractivity contribution in [1.29, 1.82) is 0 Å². The van der Waals surface area contributed by atoms with Gasteiger partial charge in [0.15, 0.2) is 0 Å². The van der Waals surface area contributed by atoms with Gasteiger partial charge in [-0.2, -0.15) is 0 Å². The zero-order valence-corrected chi connectivity index (χ0v) is 18.7. The number of ether oxygens (including phenoxy) is 1. The predicted octanol–water partition coefficient (Wildman–Crippen LogP) is 3.53. The number of rotatable bonds is 8. The summed E-state index contributed by atoms with van der Waals surface area (Å²) in [5.74, 6) is -0.235. The zero-order chi connectivity index (χ0) is 21.6. The molecule has 1 amide bonds. The standard InChI is InChI=1S/C21H24Cl2N2O4S/c22-16-6-7-18(19(23)14-16)21(9-12-29-13-10-21)15-24-20(26)8-11-25-30(27,28)17-4-2-1-3-5-17/h1-7,14,25H,8-13,15H2,(H,24,26). The average molecular weight is 471 g/mol. The first-order valence-corrected chi connectivity index (χ1v) is 11.9. The van der Waals surface area contributed by atoms with Crippen LogP contribution in [-0.2, 0) is 25.0 Å². The molecule has 0 saturated carbocycles. The van der Waals surface area contributed by atoms with E-state index in [0.29, 0.717) is 29.8 Å². The number of amides is 1. The third-order valence-corrected chi connectivity index (χ3v) is 7.30. The van der Waals surface area contributed by atoms with Gasteiger partial charge in [-0.1, -0.05) is 47.5 Å². The number of hydrogen-bond acceptors (Lipinski definition) is 4. The Hall–Kier alpha value is -1.64. The highest BCUT2D eigenvalue weighted by atomic mass is 35.5. The van der Waals surface area contributed by atoms with Gasteiger partial charge in [0.1, 0.15) is 0 Å². The van der Waals surface area contributed by atoms with Gasteiger partial charge < -0.3 is 10.1 Å². The summed E-state index contributed by atoms with van der Waals surface area (Å²) in [6, 6.07) is 13.4. The second-order valence-corrected chi connectivity index (χ2v) is 9.87. The van der Waals surface area contributed by atoms with Gasteiger partial charge >= 0.3 is 0 Å². The first-order valence-electron chi connectivity index (χ1n) is 9.67. The van der Waals surface area contributed by atoms with Crippen molar-refractivity contribution < 1.29 is 17.9 Å². The molecule has 2 N–H and O–H groups in total. The van der Waals surface area contributed by atoms with Crippen LogP contribution in [0.3, 0.4) is 0 Å². The maximum absolute atomic E-state index is 12.4. The molecule has 1 fully saturated rings. The van der Waals surface area contributed by atoms with Crippen LogP contribution in [-0.4, -0.2) is 40.6 Å². The lowest BCUT2D eigenvalue weighted by atomic mass is 9.74. The van der Waals surface area contributed by atoms with Crippen LogP contribution >= 0.6 is 23.2 Å². The van der Waals surface area contributed by atoms with Crippen molar-refractivity contribution in [1.82, 2.24) is 10.0 Å². The van der Waals surface area contributed by atoms with Crippen LogP contribution in [0.1, 0.15) is 24.8 Å². The summed E-state index contributed by atoms with van der Waals surface area (Å²) in [6.45, 7) is 1.56. The Morgan fingerprint density at radius 1 is 1.07 bits per heavy atom. The van der Waals surface area contributed by atoms with E-state index < -0.39 is 10.0 Å². The summed E-state index contributed by atoms with van der Waals surface area (Å²) >= 11 is 12.5. The number of nitrogens with one attached hydrogen (secondary N) is 2. The van der Waals surface area contributed by atoms with Crippen LogP contribution < -0.4 is 10.0 Å². The highest BCUT2D eigenvalue weighted by Gasteiger charge is 2.36. The van der Waals surface area contributed by atoms with E-state index in [4.69, 9.17) is 27.9 Å². The van der Waals surface area contributed by atoms with E-state index in [2.05, 4.69) is 10.0 Å². The van der Waals surface area contributed by atoms with E-state index in [0.717, 1.165) is 18.4 Å². The van der Waals surface area contributed by atoms with E-state index in [1.165, 1.54) is 12.1 Å². The molecule has 0 aliphatic carbocycles. The Kier molecular flexibility index (Phi) is 7.76. The van der Waals surface area contributed by atoms with Crippen LogP contribution in [0.25, 0.3) is 0 Å². The largest absolute Gasteiger partial charge is 0.381 e. The fourth-order valence-electron chi connectivity index (χ4n) is 3.56. The molecular formula is C21H24Cl2N2O4S. The lowest BCUT2D eigenvalue weighted by Gasteiger charge is -2.38. The molecule has 1 aliphatic rings. The second-order valence-electron chi connectivity index (χ2n) is 7.25. The summed E-state index contributed by atoms with van der Waals surface area (Å²) < 4.78 is 32.4. The van der Waals surface area contributed by atoms with Crippen LogP contribution in [0.2, 0.25) is 10.0 Å². The molecular weight excluding hydrogens is 447 g/mol. The first-order chi connectivity index (χ1) is 14.3. The summed E-state index contributed by atoms with van der Waals surface area (Å²) in [7, 11) is -3.63. The lowest BCUT2D eigenvalue weighted by Crippen LogP contribution is -2.45. The van der Waals surface area contributed by atoms with Gasteiger partial charge in [-0.15, -0.1) is 0 Å². The van der Waals surface area contributed by atoms with Crippen LogP contribution in [0.15, 0.2) is 53.4 Å². The van der Waals surface area contributed by atoms with Crippen molar-refractivity contribution in [3.63, 3.8) is 0 Å². The molecule has 1 saturated heterocycles. The number of halogens is 2. The topological polar surface area (TPSA) is 84.5 Å². The Labute approximate surface area is 187 Å². The maximum Gasteiger partial charge on any atom is 0.240 e. The molecule has 0 spiro atoms. The number of carbonyl (C=O) groups is 1. The molecule has 0 radical (unpaired) electrons. The van der Waals surface area contributed by atoms with E-state index >= 15 is 0 Å². The molecule has 6 nitrogen and oxygen atoms in total. The molecule has 2 aromatic carbocycles. The summed E-state index contributed by atoms with van der Waals surface area (Å²) in [5.41, 5.74) is 0.584. The molecule has 30 heavy (non-hydrogen) atoms. The summed E-state index contributed by atoms with van der Waals surface area (Å²) in [6.07, 6.45) is 1.47. The highest BCUT2D eigenvalue weighted by molar-refractivity contribution is 7.89. The lowest BCUT2D eigenvalue weighted by molar-refractivity contribution is -0.121. The smallest absolute Gasteiger partial charge is 0.240 e. The van der Waals surface area contributed by atoms with Gasteiger partial charge in [0.2, 0.25) is 15.9 Å². The van der Waals surface area contributed by atoms with Gasteiger partial charge in [0, 0.05) is 48.2 Å². The molecule has 162 valence electrons. The predicted molar refractivity (Wildman–Crippen MR) is 117 cm³/mol. The van der Waals surface area contributed by atoms with E-state index in [9.17, 15) is 13.2 Å². The third-order valence-electron chi connectivity index (χ3n) is 5.27. The van der Waals surface area contributed by atoms with Gasteiger partial charge in [0.25, 0.3) is 0 Å². The summed E-state index contributed by atoms with van der Waals surface area (Å²) in [5, 5.41) is 4.06. The Morgan fingerprint density at radius 3 is 2.43 bits per heavy atom. The molecule has 1 heterocycles. The van der Waals surface area contributed by atoms with Crippen molar-refractivity contribution in [3.8, 4) is 0 Å². The van der Waals surface area contributed by atoms with E-state index in [1.54, 1.807) is 30.3 Å². The second kappa shape index (κ2) is 10.1. The molecule has 9 heteroatoms. The van der Waals surface area contributed by atoms with Crippen molar-refractivity contribution in [2.45, 2.75) is 29.6 Å². The number of benzene rings is 2. The van der Waals surface area contributed by atoms with Crippen LogP contribution in [0, 0.1) is 0 Å². The van der Waals surface area contributed by atoms with Crippen LogP contribution in [0.4, 0.5) is 0 Å². The average Bonchev–Trinajstić information content (AvgIpc) is 2.73. The van der Waals surface area contributed by atoms with Gasteiger partial charge in [0.05, 0.1) is 4.90 Å². The number of sulfonamides is 1. The monoisotopic (exact) mass is 470 g/mol. The van der Waals surface area contributed by atoms with Crippen molar-refractivity contribution in [3.05, 3.63) is 64.1 Å². The van der Waals surface area contributed by atoms with Gasteiger partial charge in [-0.3, -0.25) is 4.79 Å². The molecule has 2 aromatic rings. The normalized spacial score (nSPS) is 16.2. The first kappa shape index (κ1) is 23.0. The van der Waals surface area contributed by atoms with E-state index in [1.807, 2.05) is 6.07 Å². The van der Waals surface area contributed by atoms with Gasteiger partial charge in [-0.05, 0) is 42.7 Å². The fourth-order valence-corrected chi connectivity index (χ4v) is 5.22. The quantitative estimate of drug-likeness (QED) is 0.617. The maximum atomic E-state index is 12.4. The third kappa shape index (κ3) is 5.74. The SMILES string of the molecule is O=C(CCNS(=O)(=O)c1ccccc1)NCC1(c2ccc(Cl)cc2Cl)CCOCC1. The molecule has 0 unspecified atom stereocenters. The van der Waals surface area contributed by atoms with E-state index in [-0.39, 0.29) is 29.2 Å². The Bertz CT molecular complexity index is 978. The molecule has 0 atom stereocenters. The molecule has 0 bridgehead atoms. The highest BCUT2D eigenvalue weighted by Crippen LogP contribution is 2.39. The van der Waals surface area contributed by atoms with Gasteiger partial charge in [-0.25, -0.2) is 13.1 Å². The minimum atomic E-state index is -3.63. The minimum absolute atomic E-state index is 0.0148. The minimum Gasteiger partial charge on any atom is -0.381 e. The fraction of sp³-hybridized carbons (Fsp3) is 0.381. The van der Waals surface area contributed by atoms with Crippen molar-refractivity contribution in [2.24, 2.45) is 0 Å². The number of carbonyl (C=O) groups excluding carboxylic acids is 1.